The summed E-state index contributed by atoms with van der Waals surface area (Å²) in [4.78, 5) is 12.9. The summed E-state index contributed by atoms with van der Waals surface area (Å²) >= 11 is 5.85. The molecule has 1 fully saturated rings. The molecule has 0 aliphatic carbocycles. The number of carbonyl (C=O) groups is 1. The Bertz CT molecular complexity index is 962. The second-order valence-corrected chi connectivity index (χ2v) is 9.68. The lowest BCUT2D eigenvalue weighted by molar-refractivity contribution is -0.119. The van der Waals surface area contributed by atoms with E-state index >= 15 is 0 Å². The third-order valence-electron chi connectivity index (χ3n) is 4.90. The molecule has 3 rings (SSSR count). The van der Waals surface area contributed by atoms with Crippen molar-refractivity contribution in [1.29, 1.82) is 0 Å². The third kappa shape index (κ3) is 5.08. The summed E-state index contributed by atoms with van der Waals surface area (Å²) in [5, 5.41) is 2.19. The molecule has 1 amide bonds. The molecule has 1 heterocycles. The van der Waals surface area contributed by atoms with Gasteiger partial charge in [-0.25, -0.2) is 13.8 Å². The van der Waals surface area contributed by atoms with E-state index in [1.54, 1.807) is 31.2 Å². The summed E-state index contributed by atoms with van der Waals surface area (Å²) < 4.78 is 28.3. The van der Waals surface area contributed by atoms with Crippen molar-refractivity contribution in [1.82, 2.24) is 10.9 Å². The van der Waals surface area contributed by atoms with Crippen molar-refractivity contribution in [3.05, 3.63) is 59.1 Å². The first-order chi connectivity index (χ1) is 13.7. The van der Waals surface area contributed by atoms with Crippen molar-refractivity contribution in [3.8, 4) is 0 Å². The number of hydrogen-bond donors (Lipinski definition) is 4. The minimum atomic E-state index is -3.89. The zero-order valence-corrected chi connectivity index (χ0v) is 18.0. The average molecular weight is 437 g/mol. The number of benzene rings is 2. The SMILES string of the molecule is CC(C)c1ccc(NC(=O)C2C(C)NNC2S(=O)(=O)Nc2ccc(Cl)cc2)cc1. The van der Waals surface area contributed by atoms with Crippen LogP contribution in [0, 0.1) is 5.92 Å². The van der Waals surface area contributed by atoms with Gasteiger partial charge < -0.3 is 5.32 Å². The number of hydrogen-bond acceptors (Lipinski definition) is 5. The molecule has 7 nitrogen and oxygen atoms in total. The van der Waals surface area contributed by atoms with E-state index in [1.807, 2.05) is 24.3 Å². The molecule has 0 aromatic heterocycles. The molecule has 3 unspecified atom stereocenters. The van der Waals surface area contributed by atoms with Crippen molar-refractivity contribution in [2.45, 2.75) is 38.1 Å². The van der Waals surface area contributed by atoms with Crippen LogP contribution in [0.4, 0.5) is 11.4 Å². The Morgan fingerprint density at radius 3 is 2.17 bits per heavy atom. The zero-order valence-electron chi connectivity index (χ0n) is 16.4. The molecular weight excluding hydrogens is 412 g/mol. The number of anilines is 2. The van der Waals surface area contributed by atoms with E-state index in [-0.39, 0.29) is 11.9 Å². The fraction of sp³-hybridized carbons (Fsp3) is 0.350. The van der Waals surface area contributed by atoms with E-state index in [2.05, 4.69) is 34.7 Å². The Morgan fingerprint density at radius 1 is 1.00 bits per heavy atom. The maximum absolute atomic E-state index is 12.9. The van der Waals surface area contributed by atoms with Crippen LogP contribution >= 0.6 is 11.6 Å². The molecule has 2 aromatic carbocycles. The largest absolute Gasteiger partial charge is 0.326 e. The number of halogens is 1. The van der Waals surface area contributed by atoms with Crippen molar-refractivity contribution < 1.29 is 13.2 Å². The highest BCUT2D eigenvalue weighted by Crippen LogP contribution is 2.25. The third-order valence-corrected chi connectivity index (χ3v) is 6.76. The van der Waals surface area contributed by atoms with Gasteiger partial charge in [0.2, 0.25) is 5.91 Å². The van der Waals surface area contributed by atoms with Gasteiger partial charge in [-0.2, -0.15) is 0 Å². The lowest BCUT2D eigenvalue weighted by Crippen LogP contribution is -2.45. The Labute approximate surface area is 176 Å². The molecule has 1 aliphatic heterocycles. The second-order valence-electron chi connectivity index (χ2n) is 7.44. The van der Waals surface area contributed by atoms with Crippen LogP contribution in [0.2, 0.25) is 5.02 Å². The quantitative estimate of drug-likeness (QED) is 0.557. The minimum absolute atomic E-state index is 0.374. The van der Waals surface area contributed by atoms with Gasteiger partial charge in [-0.1, -0.05) is 37.6 Å². The number of carbonyl (C=O) groups excluding carboxylic acids is 1. The first-order valence-electron chi connectivity index (χ1n) is 9.36. The van der Waals surface area contributed by atoms with Gasteiger partial charge in [0.15, 0.2) is 5.37 Å². The average Bonchev–Trinajstić information content (AvgIpc) is 3.06. The van der Waals surface area contributed by atoms with Crippen LogP contribution < -0.4 is 20.9 Å². The van der Waals surface area contributed by atoms with E-state index in [0.29, 0.717) is 22.3 Å². The maximum atomic E-state index is 12.9. The normalized spacial score (nSPS) is 21.9. The van der Waals surface area contributed by atoms with Crippen molar-refractivity contribution >= 4 is 38.9 Å². The molecule has 29 heavy (non-hydrogen) atoms. The van der Waals surface area contributed by atoms with Gasteiger partial charge in [0.05, 0.1) is 5.92 Å². The molecule has 1 aliphatic rings. The molecule has 1 saturated heterocycles. The van der Waals surface area contributed by atoms with Crippen LogP contribution in [-0.4, -0.2) is 25.7 Å². The van der Waals surface area contributed by atoms with Gasteiger partial charge in [0, 0.05) is 22.4 Å². The summed E-state index contributed by atoms with van der Waals surface area (Å²) in [6, 6.07) is 13.5. The summed E-state index contributed by atoms with van der Waals surface area (Å²) in [5.74, 6) is -0.820. The molecular formula is C20H25ClN4O3S. The molecule has 0 spiro atoms. The number of nitrogens with one attached hydrogen (secondary N) is 4. The van der Waals surface area contributed by atoms with Crippen molar-refractivity contribution in [2.75, 3.05) is 10.0 Å². The first kappa shape index (κ1) is 21.6. The molecule has 156 valence electrons. The monoisotopic (exact) mass is 436 g/mol. The van der Waals surface area contributed by atoms with Crippen LogP contribution in [0.1, 0.15) is 32.3 Å². The standard InChI is InChI=1S/C20H25ClN4O3S/c1-12(2)14-4-8-16(9-5-14)22-19(26)18-13(3)23-24-20(18)29(27,28)25-17-10-6-15(21)7-11-17/h4-13,18,20,23-25H,1-3H3,(H,22,26). The van der Waals surface area contributed by atoms with E-state index in [9.17, 15) is 13.2 Å². The van der Waals surface area contributed by atoms with Gasteiger partial charge in [0.1, 0.15) is 0 Å². The predicted octanol–water partition coefficient (Wildman–Crippen LogP) is 3.28. The zero-order chi connectivity index (χ0) is 21.2. The van der Waals surface area contributed by atoms with Crippen molar-refractivity contribution in [3.63, 3.8) is 0 Å². The summed E-state index contributed by atoms with van der Waals surface area (Å²) in [6.07, 6.45) is 0. The highest BCUT2D eigenvalue weighted by atomic mass is 35.5. The lowest BCUT2D eigenvalue weighted by Gasteiger charge is -2.21. The summed E-state index contributed by atoms with van der Waals surface area (Å²) in [6.45, 7) is 5.94. The van der Waals surface area contributed by atoms with Gasteiger partial charge in [-0.15, -0.1) is 0 Å². The van der Waals surface area contributed by atoms with Gasteiger partial charge in [-0.05, 0) is 54.8 Å². The molecule has 0 bridgehead atoms. The number of rotatable bonds is 6. The fourth-order valence-corrected chi connectivity index (χ4v) is 4.90. The van der Waals surface area contributed by atoms with E-state index in [1.165, 1.54) is 0 Å². The summed E-state index contributed by atoms with van der Waals surface area (Å²) in [5.41, 5.74) is 7.75. The van der Waals surface area contributed by atoms with Crippen LogP contribution in [0.5, 0.6) is 0 Å². The van der Waals surface area contributed by atoms with E-state index < -0.39 is 21.3 Å². The molecule has 9 heteroatoms. The van der Waals surface area contributed by atoms with Crippen LogP contribution in [0.3, 0.4) is 0 Å². The molecule has 0 radical (unpaired) electrons. The molecule has 2 aromatic rings. The Hall–Kier alpha value is -2.13. The molecule has 3 atom stereocenters. The number of amides is 1. The highest BCUT2D eigenvalue weighted by molar-refractivity contribution is 7.93. The Balaban J connectivity index is 1.75. The number of sulfonamides is 1. The second kappa shape index (κ2) is 8.71. The van der Waals surface area contributed by atoms with Crippen molar-refractivity contribution in [2.24, 2.45) is 5.92 Å². The lowest BCUT2D eigenvalue weighted by atomic mass is 10.0. The highest BCUT2D eigenvalue weighted by Gasteiger charge is 2.46. The van der Waals surface area contributed by atoms with Crippen LogP contribution in [-0.2, 0) is 14.8 Å². The van der Waals surface area contributed by atoms with Gasteiger partial charge in [-0.3, -0.25) is 14.9 Å². The molecule has 0 saturated carbocycles. The fourth-order valence-electron chi connectivity index (χ4n) is 3.21. The predicted molar refractivity (Wildman–Crippen MR) is 116 cm³/mol. The summed E-state index contributed by atoms with van der Waals surface area (Å²) in [7, 11) is -3.89. The Kier molecular flexibility index (Phi) is 6.48. The first-order valence-corrected chi connectivity index (χ1v) is 11.3. The van der Waals surface area contributed by atoms with E-state index in [4.69, 9.17) is 11.6 Å². The molecule has 4 N–H and O–H groups in total. The van der Waals surface area contributed by atoms with Gasteiger partial charge >= 0.3 is 0 Å². The smallest absolute Gasteiger partial charge is 0.250 e. The Morgan fingerprint density at radius 2 is 1.59 bits per heavy atom. The van der Waals surface area contributed by atoms with Crippen LogP contribution in [0.25, 0.3) is 0 Å². The van der Waals surface area contributed by atoms with Crippen LogP contribution in [0.15, 0.2) is 48.5 Å². The van der Waals surface area contributed by atoms with Gasteiger partial charge in [0.25, 0.3) is 10.0 Å². The topological polar surface area (TPSA) is 99.3 Å². The minimum Gasteiger partial charge on any atom is -0.326 e. The number of hydrazine groups is 1. The van der Waals surface area contributed by atoms with E-state index in [0.717, 1.165) is 5.56 Å². The maximum Gasteiger partial charge on any atom is 0.250 e.